The van der Waals surface area contributed by atoms with Crippen molar-refractivity contribution in [1.82, 2.24) is 4.90 Å². The Hall–Kier alpha value is -2.08. The topological polar surface area (TPSA) is 75.4 Å². The second kappa shape index (κ2) is 8.74. The molecular formula is C20H21Cl2N3O2. The van der Waals surface area contributed by atoms with E-state index >= 15 is 0 Å². The standard InChI is InChI=1S/C20H21Cl2N3O2/c21-17-5-1-13(9-18(17)22)2-6-20(27)24-16-4-3-14-7-8-25(12-19(23)26)11-15(14)10-16/h1,3-5,9-10H,2,6-8,11-12H2,(H2,23,26)(H,24,27). The molecule has 0 aliphatic carbocycles. The molecule has 0 fully saturated rings. The summed E-state index contributed by atoms with van der Waals surface area (Å²) in [5.41, 5.74) is 9.36. The van der Waals surface area contributed by atoms with Gasteiger partial charge in [-0.3, -0.25) is 14.5 Å². The fraction of sp³-hybridized carbons (Fsp3) is 0.300. The second-order valence-electron chi connectivity index (χ2n) is 6.71. The van der Waals surface area contributed by atoms with Crippen LogP contribution in [0.3, 0.4) is 0 Å². The van der Waals surface area contributed by atoms with Crippen LogP contribution in [0.5, 0.6) is 0 Å². The Kier molecular flexibility index (Phi) is 6.37. The Balaban J connectivity index is 1.58. The normalized spacial score (nSPS) is 13.9. The molecule has 5 nitrogen and oxygen atoms in total. The highest BCUT2D eigenvalue weighted by molar-refractivity contribution is 6.42. The Morgan fingerprint density at radius 3 is 2.63 bits per heavy atom. The number of aryl methyl sites for hydroxylation is 1. The number of halogens is 2. The summed E-state index contributed by atoms with van der Waals surface area (Å²) >= 11 is 11.9. The summed E-state index contributed by atoms with van der Waals surface area (Å²) in [4.78, 5) is 25.4. The van der Waals surface area contributed by atoms with E-state index in [1.54, 1.807) is 12.1 Å². The summed E-state index contributed by atoms with van der Waals surface area (Å²) in [5.74, 6) is -0.393. The molecule has 0 saturated carbocycles. The zero-order chi connectivity index (χ0) is 19.4. The Bertz CT molecular complexity index is 870. The van der Waals surface area contributed by atoms with Gasteiger partial charge in [0.15, 0.2) is 0 Å². The number of fused-ring (bicyclic) bond motifs is 1. The van der Waals surface area contributed by atoms with Gasteiger partial charge < -0.3 is 11.1 Å². The quantitative estimate of drug-likeness (QED) is 0.772. The van der Waals surface area contributed by atoms with Crippen molar-refractivity contribution in [2.75, 3.05) is 18.4 Å². The van der Waals surface area contributed by atoms with Crippen LogP contribution in [-0.4, -0.2) is 29.8 Å². The molecule has 2 aromatic carbocycles. The van der Waals surface area contributed by atoms with Crippen molar-refractivity contribution in [3.8, 4) is 0 Å². The van der Waals surface area contributed by atoms with Gasteiger partial charge in [-0.2, -0.15) is 0 Å². The van der Waals surface area contributed by atoms with E-state index in [9.17, 15) is 9.59 Å². The first-order valence-electron chi connectivity index (χ1n) is 8.77. The van der Waals surface area contributed by atoms with Crippen LogP contribution < -0.4 is 11.1 Å². The minimum atomic E-state index is -0.329. The van der Waals surface area contributed by atoms with Gasteiger partial charge in [-0.05, 0) is 53.8 Å². The third-order valence-electron chi connectivity index (χ3n) is 4.59. The molecule has 3 rings (SSSR count). The number of nitrogens with two attached hydrogens (primary N) is 1. The lowest BCUT2D eigenvalue weighted by molar-refractivity contribution is -0.119. The zero-order valence-corrected chi connectivity index (χ0v) is 16.3. The average Bonchev–Trinajstić information content (AvgIpc) is 2.62. The summed E-state index contributed by atoms with van der Waals surface area (Å²) in [6.45, 7) is 1.72. The van der Waals surface area contributed by atoms with Gasteiger partial charge in [0.05, 0.1) is 16.6 Å². The predicted molar refractivity (Wildman–Crippen MR) is 108 cm³/mol. The monoisotopic (exact) mass is 405 g/mol. The van der Waals surface area contributed by atoms with Crippen LogP contribution in [0.1, 0.15) is 23.1 Å². The number of anilines is 1. The number of carbonyl (C=O) groups excluding carboxylic acids is 2. The molecule has 0 spiro atoms. The van der Waals surface area contributed by atoms with Crippen molar-refractivity contribution < 1.29 is 9.59 Å². The molecule has 0 bridgehead atoms. The van der Waals surface area contributed by atoms with Crippen molar-refractivity contribution >= 4 is 40.7 Å². The summed E-state index contributed by atoms with van der Waals surface area (Å²) in [7, 11) is 0. The van der Waals surface area contributed by atoms with Crippen LogP contribution in [0.25, 0.3) is 0 Å². The lowest BCUT2D eigenvalue weighted by Gasteiger charge is -2.28. The number of nitrogens with one attached hydrogen (secondary N) is 1. The average molecular weight is 406 g/mol. The van der Waals surface area contributed by atoms with Crippen molar-refractivity contribution in [2.45, 2.75) is 25.8 Å². The number of hydrogen-bond acceptors (Lipinski definition) is 3. The SMILES string of the molecule is NC(=O)CN1CCc2ccc(NC(=O)CCc3ccc(Cl)c(Cl)c3)cc2C1. The Morgan fingerprint density at radius 2 is 1.89 bits per heavy atom. The highest BCUT2D eigenvalue weighted by Gasteiger charge is 2.18. The molecule has 3 N–H and O–H groups in total. The third kappa shape index (κ3) is 5.45. The first kappa shape index (κ1) is 19.7. The van der Waals surface area contributed by atoms with Crippen LogP contribution in [0.15, 0.2) is 36.4 Å². The van der Waals surface area contributed by atoms with Crippen molar-refractivity contribution in [2.24, 2.45) is 5.73 Å². The maximum atomic E-state index is 12.3. The van der Waals surface area contributed by atoms with Gasteiger partial charge in [-0.1, -0.05) is 35.3 Å². The molecule has 1 aliphatic heterocycles. The van der Waals surface area contributed by atoms with Crippen molar-refractivity contribution in [1.29, 1.82) is 0 Å². The van der Waals surface area contributed by atoms with E-state index < -0.39 is 0 Å². The van der Waals surface area contributed by atoms with Gasteiger partial charge in [-0.15, -0.1) is 0 Å². The van der Waals surface area contributed by atoms with Crippen molar-refractivity contribution in [3.05, 3.63) is 63.1 Å². The van der Waals surface area contributed by atoms with Crippen LogP contribution in [0, 0.1) is 0 Å². The molecule has 27 heavy (non-hydrogen) atoms. The Labute approximate surface area is 168 Å². The zero-order valence-electron chi connectivity index (χ0n) is 14.8. The second-order valence-corrected chi connectivity index (χ2v) is 7.52. The third-order valence-corrected chi connectivity index (χ3v) is 5.32. The smallest absolute Gasteiger partial charge is 0.231 e. The number of primary amides is 1. The van der Waals surface area contributed by atoms with Crippen LogP contribution in [-0.2, 0) is 29.0 Å². The van der Waals surface area contributed by atoms with Crippen molar-refractivity contribution in [3.63, 3.8) is 0 Å². The molecular weight excluding hydrogens is 385 g/mol. The van der Waals surface area contributed by atoms with Gasteiger partial charge in [0.2, 0.25) is 11.8 Å². The van der Waals surface area contributed by atoms with Gasteiger partial charge in [0, 0.05) is 25.2 Å². The van der Waals surface area contributed by atoms with Gasteiger partial charge in [0.25, 0.3) is 0 Å². The molecule has 1 heterocycles. The summed E-state index contributed by atoms with van der Waals surface area (Å²) in [5, 5.41) is 3.93. The summed E-state index contributed by atoms with van der Waals surface area (Å²) in [6.07, 6.45) is 1.80. The molecule has 2 amide bonds. The number of rotatable bonds is 6. The fourth-order valence-corrected chi connectivity index (χ4v) is 3.55. The van der Waals surface area contributed by atoms with E-state index in [0.29, 0.717) is 29.4 Å². The van der Waals surface area contributed by atoms with Crippen LogP contribution >= 0.6 is 23.2 Å². The number of nitrogens with zero attached hydrogens (tertiary/aromatic N) is 1. The van der Waals surface area contributed by atoms with E-state index in [2.05, 4.69) is 5.32 Å². The minimum absolute atomic E-state index is 0.0641. The Morgan fingerprint density at radius 1 is 1.07 bits per heavy atom. The number of benzene rings is 2. The van der Waals surface area contributed by atoms with Crippen LogP contribution in [0.2, 0.25) is 10.0 Å². The first-order valence-corrected chi connectivity index (χ1v) is 9.52. The molecule has 0 saturated heterocycles. The van der Waals surface area contributed by atoms with E-state index in [0.717, 1.165) is 29.8 Å². The largest absolute Gasteiger partial charge is 0.369 e. The van der Waals surface area contributed by atoms with Crippen LogP contribution in [0.4, 0.5) is 5.69 Å². The maximum absolute atomic E-state index is 12.3. The molecule has 1 aliphatic rings. The maximum Gasteiger partial charge on any atom is 0.231 e. The van der Waals surface area contributed by atoms with E-state index in [1.165, 1.54) is 5.56 Å². The highest BCUT2D eigenvalue weighted by Crippen LogP contribution is 2.24. The lowest BCUT2D eigenvalue weighted by atomic mass is 9.99. The number of carbonyl (C=O) groups is 2. The molecule has 7 heteroatoms. The van der Waals surface area contributed by atoms with Gasteiger partial charge in [-0.25, -0.2) is 0 Å². The van der Waals surface area contributed by atoms with E-state index in [1.807, 2.05) is 29.2 Å². The molecule has 0 aromatic heterocycles. The summed E-state index contributed by atoms with van der Waals surface area (Å²) in [6, 6.07) is 11.3. The molecule has 142 valence electrons. The predicted octanol–water partition coefficient (Wildman–Crippen LogP) is 3.41. The molecule has 0 radical (unpaired) electrons. The summed E-state index contributed by atoms with van der Waals surface area (Å²) < 4.78 is 0. The van der Waals surface area contributed by atoms with Gasteiger partial charge in [0.1, 0.15) is 0 Å². The number of hydrogen-bond donors (Lipinski definition) is 2. The van der Waals surface area contributed by atoms with Gasteiger partial charge >= 0.3 is 0 Å². The lowest BCUT2D eigenvalue weighted by Crippen LogP contribution is -2.37. The van der Waals surface area contributed by atoms with E-state index in [-0.39, 0.29) is 18.4 Å². The molecule has 2 aromatic rings. The molecule has 0 atom stereocenters. The first-order chi connectivity index (χ1) is 12.9. The van der Waals surface area contributed by atoms with E-state index in [4.69, 9.17) is 28.9 Å². The molecule has 0 unspecified atom stereocenters. The fourth-order valence-electron chi connectivity index (χ4n) is 3.23. The number of amides is 2. The minimum Gasteiger partial charge on any atom is -0.369 e. The highest BCUT2D eigenvalue weighted by atomic mass is 35.5.